The van der Waals surface area contributed by atoms with Gasteiger partial charge in [0.15, 0.2) is 7.05 Å². The van der Waals surface area contributed by atoms with E-state index in [0.29, 0.717) is 37.8 Å². The fraction of sp³-hybridized carbons (Fsp3) is 0.867. The predicted molar refractivity (Wildman–Crippen MR) is 94.0 cm³/mol. The lowest BCUT2D eigenvalue weighted by Gasteiger charge is -2.13. The van der Waals surface area contributed by atoms with Gasteiger partial charge in [-0.25, -0.2) is 4.79 Å². The molecule has 0 unspecified atom stereocenters. The number of rotatable bonds is 16. The molecule has 1 N–H and O–H groups in total. The van der Waals surface area contributed by atoms with Gasteiger partial charge in [0.1, 0.15) is 12.6 Å². The van der Waals surface area contributed by atoms with Crippen molar-refractivity contribution in [3.05, 3.63) is 15.3 Å². The maximum absolute atomic E-state index is 11.7. The molecular formula is C15H28N5O7+. The molecule has 0 aliphatic carbocycles. The van der Waals surface area contributed by atoms with E-state index < -0.39 is 24.0 Å². The third-order valence-electron chi connectivity index (χ3n) is 3.25. The number of carbonyl (C=O) groups is 2. The average molecular weight is 390 g/mol. The minimum Gasteiger partial charge on any atom is -0.462 e. The largest absolute Gasteiger partial charge is 0.462 e. The predicted octanol–water partition coefficient (Wildman–Crippen LogP) is 0.192. The van der Waals surface area contributed by atoms with E-state index in [1.807, 2.05) is 0 Å². The van der Waals surface area contributed by atoms with Crippen molar-refractivity contribution in [1.29, 1.82) is 0 Å². The molecule has 0 saturated carbocycles. The molecule has 12 heteroatoms. The summed E-state index contributed by atoms with van der Waals surface area (Å²) < 4.78 is 21.1. The van der Waals surface area contributed by atoms with Crippen LogP contribution in [-0.4, -0.2) is 88.6 Å². The molecule has 0 spiro atoms. The van der Waals surface area contributed by atoms with Crippen molar-refractivity contribution >= 4 is 11.9 Å². The first-order chi connectivity index (χ1) is 12.9. The van der Waals surface area contributed by atoms with Crippen LogP contribution in [-0.2, 0) is 28.5 Å². The highest BCUT2D eigenvalue weighted by Crippen LogP contribution is 1.93. The maximum Gasteiger partial charge on any atom is 0.328 e. The van der Waals surface area contributed by atoms with Crippen molar-refractivity contribution in [2.45, 2.75) is 25.9 Å². The van der Waals surface area contributed by atoms with Crippen LogP contribution in [0.1, 0.15) is 13.8 Å². The summed E-state index contributed by atoms with van der Waals surface area (Å²) in [6.07, 6.45) is 0. The van der Waals surface area contributed by atoms with E-state index in [1.54, 1.807) is 0 Å². The van der Waals surface area contributed by atoms with Crippen molar-refractivity contribution in [3.8, 4) is 0 Å². The van der Waals surface area contributed by atoms with Crippen LogP contribution in [0.4, 0.5) is 0 Å². The van der Waals surface area contributed by atoms with E-state index in [1.165, 1.54) is 20.9 Å². The molecule has 12 nitrogen and oxygen atoms in total. The monoisotopic (exact) mass is 390 g/mol. The second kappa shape index (κ2) is 15.9. The Hall–Kier alpha value is -2.27. The Labute approximate surface area is 157 Å². The molecule has 0 aromatic carbocycles. The number of hydrogen-bond donors (Lipinski definition) is 1. The molecule has 0 aromatic rings. The van der Waals surface area contributed by atoms with E-state index in [0.717, 1.165) is 0 Å². The molecule has 0 aliphatic rings. The maximum atomic E-state index is 11.7. The zero-order valence-corrected chi connectivity index (χ0v) is 16.0. The van der Waals surface area contributed by atoms with E-state index in [4.69, 9.17) is 24.5 Å². The number of amides is 1. The Morgan fingerprint density at radius 2 is 1.56 bits per heavy atom. The Morgan fingerprint density at radius 1 is 1.04 bits per heavy atom. The molecule has 27 heavy (non-hydrogen) atoms. The van der Waals surface area contributed by atoms with Gasteiger partial charge in [-0.2, -0.15) is 0 Å². The highest BCUT2D eigenvalue weighted by atomic mass is 16.6. The van der Waals surface area contributed by atoms with Gasteiger partial charge in [-0.15, -0.1) is 0 Å². The SMILES string of the molecule is C[C@H](NC(=O)[C@@H](C)[N+](C)=O)C(=O)OCCOCCOCCOCCN=[N+]=[N-]. The fourth-order valence-corrected chi connectivity index (χ4v) is 1.58. The first-order valence-electron chi connectivity index (χ1n) is 8.51. The summed E-state index contributed by atoms with van der Waals surface area (Å²) in [5.74, 6) is -1.16. The lowest BCUT2D eigenvalue weighted by atomic mass is 10.2. The van der Waals surface area contributed by atoms with Gasteiger partial charge in [-0.05, 0) is 12.5 Å². The smallest absolute Gasteiger partial charge is 0.328 e. The number of esters is 1. The third-order valence-corrected chi connectivity index (χ3v) is 3.25. The van der Waals surface area contributed by atoms with Crippen LogP contribution in [0.3, 0.4) is 0 Å². The standard InChI is InChI=1S/C15H27N5O7/c1-12(18-14(21)13(2)20(3)23)15(22)27-11-10-26-9-8-25-7-6-24-5-4-17-19-16/h12-13H,4-11H2,1-3H3/p+1/t12-,13+/m0/s1. The fourth-order valence-electron chi connectivity index (χ4n) is 1.58. The number of nitrogens with zero attached hydrogens (tertiary/aromatic N) is 4. The van der Waals surface area contributed by atoms with Crippen LogP contribution in [0.25, 0.3) is 10.4 Å². The van der Waals surface area contributed by atoms with Crippen molar-refractivity contribution in [2.24, 2.45) is 5.11 Å². The molecule has 0 aromatic heterocycles. The Bertz CT molecular complexity index is 511. The molecule has 0 fully saturated rings. The average Bonchev–Trinajstić information content (AvgIpc) is 2.64. The summed E-state index contributed by atoms with van der Waals surface area (Å²) >= 11 is 0. The van der Waals surface area contributed by atoms with E-state index in [9.17, 15) is 14.5 Å². The first-order valence-corrected chi connectivity index (χ1v) is 8.51. The van der Waals surface area contributed by atoms with Crippen LogP contribution in [0.2, 0.25) is 0 Å². The number of azide groups is 1. The zero-order valence-electron chi connectivity index (χ0n) is 16.0. The lowest BCUT2D eigenvalue weighted by Crippen LogP contribution is -2.46. The normalized spacial score (nSPS) is 12.6. The van der Waals surface area contributed by atoms with Gasteiger partial charge in [0.05, 0.1) is 39.6 Å². The summed E-state index contributed by atoms with van der Waals surface area (Å²) in [5, 5.41) is 5.73. The second-order valence-corrected chi connectivity index (χ2v) is 5.41. The summed E-state index contributed by atoms with van der Waals surface area (Å²) in [5.41, 5.74) is 8.07. The highest BCUT2D eigenvalue weighted by molar-refractivity contribution is 5.86. The van der Waals surface area contributed by atoms with Gasteiger partial charge in [-0.1, -0.05) is 5.11 Å². The minimum atomic E-state index is -0.889. The van der Waals surface area contributed by atoms with E-state index in [2.05, 4.69) is 15.3 Å². The van der Waals surface area contributed by atoms with Gasteiger partial charge in [0.25, 0.3) is 11.9 Å². The van der Waals surface area contributed by atoms with Gasteiger partial charge >= 0.3 is 5.97 Å². The molecule has 2 atom stereocenters. The quantitative estimate of drug-likeness (QED) is 0.0986. The molecule has 1 amide bonds. The third kappa shape index (κ3) is 13.6. The number of nitrogens with one attached hydrogen (secondary N) is 1. The van der Waals surface area contributed by atoms with Crippen molar-refractivity contribution in [1.82, 2.24) is 5.32 Å². The van der Waals surface area contributed by atoms with Gasteiger partial charge < -0.3 is 24.3 Å². The topological polar surface area (TPSA) is 152 Å². The molecule has 0 bridgehead atoms. The van der Waals surface area contributed by atoms with Crippen molar-refractivity contribution in [3.63, 3.8) is 0 Å². The summed E-state index contributed by atoms with van der Waals surface area (Å²) in [7, 11) is 1.23. The Morgan fingerprint density at radius 3 is 2.07 bits per heavy atom. The van der Waals surface area contributed by atoms with Crippen LogP contribution in [0.5, 0.6) is 0 Å². The summed E-state index contributed by atoms with van der Waals surface area (Å²) in [4.78, 5) is 37.0. The van der Waals surface area contributed by atoms with E-state index >= 15 is 0 Å². The Kier molecular flexibility index (Phi) is 14.6. The van der Waals surface area contributed by atoms with Crippen molar-refractivity contribution < 1.29 is 33.3 Å². The highest BCUT2D eigenvalue weighted by Gasteiger charge is 2.27. The number of likely N-dealkylation sites (N-methyl/N-ethyl adjacent to an activating group) is 1. The summed E-state index contributed by atoms with van der Waals surface area (Å²) in [6.45, 7) is 5.25. The minimum absolute atomic E-state index is 0.0403. The second-order valence-electron chi connectivity index (χ2n) is 5.41. The molecule has 0 heterocycles. The number of hydrogen-bond acceptors (Lipinski definition) is 8. The van der Waals surface area contributed by atoms with Gasteiger partial charge in [0, 0.05) is 28.0 Å². The van der Waals surface area contributed by atoms with Crippen molar-refractivity contribution in [2.75, 3.05) is 59.8 Å². The van der Waals surface area contributed by atoms with E-state index in [-0.39, 0.29) is 19.8 Å². The Balaban J connectivity index is 3.56. The lowest BCUT2D eigenvalue weighted by molar-refractivity contribution is -0.540. The van der Waals surface area contributed by atoms with Gasteiger partial charge in [-0.3, -0.25) is 4.79 Å². The van der Waals surface area contributed by atoms with Gasteiger partial charge in [0.2, 0.25) is 0 Å². The molecule has 0 radical (unpaired) electrons. The van der Waals surface area contributed by atoms with Crippen LogP contribution in [0, 0.1) is 4.91 Å². The first kappa shape index (κ1) is 24.7. The number of nitroso groups, excluding NO2 is 1. The van der Waals surface area contributed by atoms with Crippen LogP contribution >= 0.6 is 0 Å². The number of ether oxygens (including phenoxy) is 4. The molecule has 0 aliphatic heterocycles. The molecule has 154 valence electrons. The summed E-state index contributed by atoms with van der Waals surface area (Å²) in [6, 6.07) is -1.75. The van der Waals surface area contributed by atoms with Crippen LogP contribution < -0.4 is 5.32 Å². The molecule has 0 saturated heterocycles. The molecule has 0 rings (SSSR count). The zero-order chi connectivity index (χ0) is 20.5. The number of carbonyl (C=O) groups excluding carboxylic acids is 2. The van der Waals surface area contributed by atoms with Crippen LogP contribution in [0.15, 0.2) is 5.11 Å². The molecular weight excluding hydrogens is 362 g/mol.